The van der Waals surface area contributed by atoms with Crippen molar-refractivity contribution in [1.82, 2.24) is 9.88 Å². The number of aromatic nitrogens is 1. The molecule has 0 atom stereocenters. The molecule has 142 valence electrons. The minimum absolute atomic E-state index is 0.0209. The molecule has 0 radical (unpaired) electrons. The zero-order chi connectivity index (χ0) is 19.6. The van der Waals surface area contributed by atoms with E-state index in [2.05, 4.69) is 4.98 Å². The number of pyridine rings is 1. The molecule has 3 rings (SSSR count). The zero-order valence-electron chi connectivity index (χ0n) is 14.6. The Hall–Kier alpha value is -2.45. The molecular formula is C18H18ClN3O4S. The molecule has 1 aliphatic heterocycles. The maximum absolute atomic E-state index is 12.7. The Morgan fingerprint density at radius 1 is 1.26 bits per heavy atom. The molecule has 1 aromatic carbocycles. The van der Waals surface area contributed by atoms with Gasteiger partial charge in [-0.05, 0) is 42.3 Å². The van der Waals surface area contributed by atoms with Crippen molar-refractivity contribution in [1.29, 1.82) is 0 Å². The molecule has 1 aliphatic rings. The lowest BCUT2D eigenvalue weighted by atomic mass is 10.1. The number of nitrogens with zero attached hydrogens (tertiary/aromatic N) is 3. The van der Waals surface area contributed by atoms with E-state index in [1.807, 2.05) is 12.1 Å². The predicted octanol–water partition coefficient (Wildman–Crippen LogP) is 2.12. The normalized spacial score (nSPS) is 15.8. The highest BCUT2D eigenvalue weighted by Gasteiger charge is 2.37. The molecular weight excluding hydrogens is 390 g/mol. The molecule has 0 unspecified atom stereocenters. The van der Waals surface area contributed by atoms with E-state index >= 15 is 0 Å². The maximum Gasteiger partial charge on any atom is 0.253 e. The van der Waals surface area contributed by atoms with Gasteiger partial charge in [-0.15, -0.1) is 0 Å². The lowest BCUT2D eigenvalue weighted by Gasteiger charge is -2.20. The Bertz CT molecular complexity index is 979. The first-order valence-electron chi connectivity index (χ1n) is 8.29. The first kappa shape index (κ1) is 19.3. The number of likely N-dealkylation sites (N-methyl/N-ethyl adjacent to an activating group) is 1. The zero-order valence-corrected chi connectivity index (χ0v) is 16.2. The Kier molecular flexibility index (Phi) is 5.48. The summed E-state index contributed by atoms with van der Waals surface area (Å²) in [5.41, 5.74) is 1.34. The van der Waals surface area contributed by atoms with Gasteiger partial charge in [-0.3, -0.25) is 14.6 Å². The van der Waals surface area contributed by atoms with Crippen molar-refractivity contribution in [3.8, 4) is 0 Å². The minimum atomic E-state index is -3.75. The van der Waals surface area contributed by atoms with Crippen LogP contribution in [-0.4, -0.2) is 49.5 Å². The Balaban J connectivity index is 1.80. The van der Waals surface area contributed by atoms with Crippen LogP contribution in [0.5, 0.6) is 0 Å². The number of hydrogen-bond acceptors (Lipinski definition) is 5. The van der Waals surface area contributed by atoms with Crippen molar-refractivity contribution < 1.29 is 18.0 Å². The highest BCUT2D eigenvalue weighted by molar-refractivity contribution is 7.94. The fourth-order valence-electron chi connectivity index (χ4n) is 2.82. The van der Waals surface area contributed by atoms with Crippen LogP contribution in [0.15, 0.2) is 42.7 Å². The maximum atomic E-state index is 12.7. The van der Waals surface area contributed by atoms with Crippen LogP contribution < -0.4 is 4.31 Å². The van der Waals surface area contributed by atoms with Gasteiger partial charge in [-0.25, -0.2) is 12.7 Å². The van der Waals surface area contributed by atoms with Gasteiger partial charge in [-0.2, -0.15) is 0 Å². The molecule has 0 aliphatic carbocycles. The predicted molar refractivity (Wildman–Crippen MR) is 102 cm³/mol. The third-order valence-corrected chi connectivity index (χ3v) is 6.32. The monoisotopic (exact) mass is 407 g/mol. The van der Waals surface area contributed by atoms with Gasteiger partial charge < -0.3 is 4.90 Å². The molecule has 9 heteroatoms. The molecule has 27 heavy (non-hydrogen) atoms. The fraction of sp³-hybridized carbons (Fsp3) is 0.278. The Morgan fingerprint density at radius 3 is 2.59 bits per heavy atom. The summed E-state index contributed by atoms with van der Waals surface area (Å²) in [5.74, 6) is -1.09. The van der Waals surface area contributed by atoms with E-state index in [4.69, 9.17) is 11.6 Å². The first-order valence-corrected chi connectivity index (χ1v) is 10.3. The highest BCUT2D eigenvalue weighted by Crippen LogP contribution is 2.33. The van der Waals surface area contributed by atoms with E-state index in [9.17, 15) is 18.0 Å². The number of hydrogen-bond donors (Lipinski definition) is 0. The summed E-state index contributed by atoms with van der Waals surface area (Å²) in [6.07, 6.45) is 3.94. The SMILES string of the molecule is CN(CCc1ccncc1)C(=O)c1ccc(Cl)c(N2C(=O)CCS2(=O)=O)c1. The van der Waals surface area contributed by atoms with Gasteiger partial charge in [0.05, 0.1) is 16.5 Å². The molecule has 0 saturated carbocycles. The molecule has 2 amide bonds. The van der Waals surface area contributed by atoms with E-state index in [1.54, 1.807) is 19.4 Å². The van der Waals surface area contributed by atoms with Crippen LogP contribution >= 0.6 is 11.6 Å². The van der Waals surface area contributed by atoms with Gasteiger partial charge in [0.2, 0.25) is 15.9 Å². The van der Waals surface area contributed by atoms with Crippen molar-refractivity contribution in [3.05, 3.63) is 58.9 Å². The molecule has 0 N–H and O–H groups in total. The van der Waals surface area contributed by atoms with Crippen LogP contribution in [0.2, 0.25) is 5.02 Å². The van der Waals surface area contributed by atoms with Crippen LogP contribution in [0.4, 0.5) is 5.69 Å². The number of carbonyl (C=O) groups is 2. The van der Waals surface area contributed by atoms with E-state index in [0.29, 0.717) is 17.3 Å². The lowest BCUT2D eigenvalue weighted by molar-refractivity contribution is -0.116. The second-order valence-corrected chi connectivity index (χ2v) is 8.57. The number of carbonyl (C=O) groups excluding carboxylic acids is 2. The van der Waals surface area contributed by atoms with Crippen LogP contribution in [-0.2, 0) is 21.2 Å². The second kappa shape index (κ2) is 7.66. The van der Waals surface area contributed by atoms with Gasteiger partial charge in [0.15, 0.2) is 0 Å². The second-order valence-electron chi connectivity index (χ2n) is 6.22. The standard InChI is InChI=1S/C18H18ClN3O4S/c1-21(10-6-13-4-8-20-9-5-13)18(24)14-2-3-15(19)16(12-14)22-17(23)7-11-27(22,25)26/h2-5,8-9,12H,6-7,10-11H2,1H3. The van der Waals surface area contributed by atoms with Crippen LogP contribution in [0.1, 0.15) is 22.3 Å². The van der Waals surface area contributed by atoms with Crippen molar-refractivity contribution in [2.75, 3.05) is 23.7 Å². The first-order chi connectivity index (χ1) is 12.8. The van der Waals surface area contributed by atoms with Gasteiger partial charge in [0, 0.05) is 38.0 Å². The summed E-state index contributed by atoms with van der Waals surface area (Å²) >= 11 is 6.11. The summed E-state index contributed by atoms with van der Waals surface area (Å²) in [4.78, 5) is 30.2. The van der Waals surface area contributed by atoms with Gasteiger partial charge >= 0.3 is 0 Å². The number of benzene rings is 1. The number of halogens is 1. The van der Waals surface area contributed by atoms with Crippen LogP contribution in [0.25, 0.3) is 0 Å². The van der Waals surface area contributed by atoms with Crippen molar-refractivity contribution in [2.45, 2.75) is 12.8 Å². The van der Waals surface area contributed by atoms with E-state index in [0.717, 1.165) is 5.56 Å². The smallest absolute Gasteiger partial charge is 0.253 e. The van der Waals surface area contributed by atoms with Crippen LogP contribution in [0.3, 0.4) is 0 Å². The average molecular weight is 408 g/mol. The molecule has 2 heterocycles. The average Bonchev–Trinajstić information content (AvgIpc) is 2.93. The number of sulfonamides is 1. The molecule has 2 aromatic rings. The van der Waals surface area contributed by atoms with E-state index in [1.165, 1.54) is 23.1 Å². The lowest BCUT2D eigenvalue weighted by Crippen LogP contribution is -2.31. The van der Waals surface area contributed by atoms with Crippen molar-refractivity contribution >= 4 is 39.1 Å². The largest absolute Gasteiger partial charge is 0.341 e. The van der Waals surface area contributed by atoms with Crippen molar-refractivity contribution in [3.63, 3.8) is 0 Å². The quantitative estimate of drug-likeness (QED) is 0.757. The summed E-state index contributed by atoms with van der Waals surface area (Å²) in [5, 5.41) is 0.102. The number of amides is 2. The molecule has 0 bridgehead atoms. The highest BCUT2D eigenvalue weighted by atomic mass is 35.5. The summed E-state index contributed by atoms with van der Waals surface area (Å²) in [7, 11) is -2.09. The Labute approximate surface area is 162 Å². The Morgan fingerprint density at radius 2 is 1.96 bits per heavy atom. The van der Waals surface area contributed by atoms with Gasteiger partial charge in [-0.1, -0.05) is 11.6 Å². The third kappa shape index (κ3) is 4.12. The molecule has 1 fully saturated rings. The minimum Gasteiger partial charge on any atom is -0.341 e. The van der Waals surface area contributed by atoms with Gasteiger partial charge in [0.1, 0.15) is 0 Å². The molecule has 1 aromatic heterocycles. The van der Waals surface area contributed by atoms with Crippen molar-refractivity contribution in [2.24, 2.45) is 0 Å². The van der Waals surface area contributed by atoms with E-state index < -0.39 is 15.9 Å². The van der Waals surface area contributed by atoms with E-state index in [-0.39, 0.29) is 34.4 Å². The number of rotatable bonds is 5. The summed E-state index contributed by atoms with van der Waals surface area (Å²) in [6.45, 7) is 0.474. The summed E-state index contributed by atoms with van der Waals surface area (Å²) in [6, 6.07) is 8.06. The topological polar surface area (TPSA) is 87.7 Å². The summed E-state index contributed by atoms with van der Waals surface area (Å²) < 4.78 is 25.0. The molecule has 1 saturated heterocycles. The third-order valence-electron chi connectivity index (χ3n) is 4.32. The number of anilines is 1. The molecule has 7 nitrogen and oxygen atoms in total. The van der Waals surface area contributed by atoms with Crippen LogP contribution in [0, 0.1) is 0 Å². The molecule has 0 spiro atoms. The fourth-order valence-corrected chi connectivity index (χ4v) is 4.54. The van der Waals surface area contributed by atoms with Gasteiger partial charge in [0.25, 0.3) is 5.91 Å².